The van der Waals surface area contributed by atoms with Crippen LogP contribution in [0.3, 0.4) is 0 Å². The summed E-state index contributed by atoms with van der Waals surface area (Å²) in [5.41, 5.74) is 8.02. The topological polar surface area (TPSA) is 56.4 Å². The number of guanidine groups is 1. The van der Waals surface area contributed by atoms with E-state index in [0.29, 0.717) is 0 Å². The molecule has 16 heavy (non-hydrogen) atoms. The lowest BCUT2D eigenvalue weighted by Crippen LogP contribution is -2.50. The van der Waals surface area contributed by atoms with Gasteiger partial charge in [-0.25, -0.2) is 0 Å². The van der Waals surface area contributed by atoms with Crippen LogP contribution in [0.5, 0.6) is 0 Å². The van der Waals surface area contributed by atoms with E-state index in [1.54, 1.807) is 0 Å². The second-order valence-electron chi connectivity index (χ2n) is 4.20. The average molecular weight is 218 g/mol. The second-order valence-corrected chi connectivity index (χ2v) is 4.20. The highest BCUT2D eigenvalue weighted by molar-refractivity contribution is 5.75. The number of nitrogens with one attached hydrogen (secondary N) is 1. The maximum atomic E-state index is 7.38. The summed E-state index contributed by atoms with van der Waals surface area (Å²) in [6.45, 7) is 5.65. The normalized spacial score (nSPS) is 16.3. The Kier molecular flexibility index (Phi) is 2.99. The van der Waals surface area contributed by atoms with Gasteiger partial charge in [0.25, 0.3) is 0 Å². The van der Waals surface area contributed by atoms with Crippen LogP contribution in [0.15, 0.2) is 24.3 Å². The minimum absolute atomic E-state index is 0.184. The van der Waals surface area contributed by atoms with Gasteiger partial charge in [0, 0.05) is 31.9 Å². The van der Waals surface area contributed by atoms with Gasteiger partial charge >= 0.3 is 0 Å². The van der Waals surface area contributed by atoms with Crippen LogP contribution in [0.4, 0.5) is 5.69 Å². The molecule has 0 atom stereocenters. The molecule has 0 spiro atoms. The molecule has 1 aliphatic heterocycles. The molecule has 1 aliphatic rings. The molecule has 4 nitrogen and oxygen atoms in total. The van der Waals surface area contributed by atoms with E-state index in [4.69, 9.17) is 11.1 Å². The highest BCUT2D eigenvalue weighted by Crippen LogP contribution is 2.17. The number of hydrogen-bond donors (Lipinski definition) is 2. The maximum absolute atomic E-state index is 7.38. The van der Waals surface area contributed by atoms with Crippen molar-refractivity contribution in [3.05, 3.63) is 29.8 Å². The smallest absolute Gasteiger partial charge is 0.188 e. The van der Waals surface area contributed by atoms with Crippen LogP contribution in [0, 0.1) is 12.3 Å². The lowest BCUT2D eigenvalue weighted by molar-refractivity contribution is 0.380. The third kappa shape index (κ3) is 2.27. The van der Waals surface area contributed by atoms with Gasteiger partial charge in [-0.15, -0.1) is 0 Å². The standard InChI is InChI=1S/C12H18N4/c1-10-3-2-4-11(9-10)15-5-7-16(8-6-15)12(13)14/h2-4,9H,5-8H2,1H3,(H3,13,14). The summed E-state index contributed by atoms with van der Waals surface area (Å²) < 4.78 is 0. The molecule has 0 saturated carbocycles. The number of benzene rings is 1. The molecule has 0 bridgehead atoms. The monoisotopic (exact) mass is 218 g/mol. The first kappa shape index (κ1) is 10.8. The van der Waals surface area contributed by atoms with Crippen LogP contribution < -0.4 is 10.6 Å². The molecule has 1 aromatic rings. The molecule has 1 fully saturated rings. The third-order valence-corrected chi connectivity index (χ3v) is 2.99. The summed E-state index contributed by atoms with van der Waals surface area (Å²) in [6, 6.07) is 8.52. The van der Waals surface area contributed by atoms with Gasteiger partial charge in [0.2, 0.25) is 0 Å². The van der Waals surface area contributed by atoms with Crippen molar-refractivity contribution in [2.45, 2.75) is 6.92 Å². The zero-order valence-electron chi connectivity index (χ0n) is 9.61. The fraction of sp³-hybridized carbons (Fsp3) is 0.417. The molecule has 0 radical (unpaired) electrons. The van der Waals surface area contributed by atoms with Crippen LogP contribution in [0.1, 0.15) is 5.56 Å². The maximum Gasteiger partial charge on any atom is 0.188 e. The van der Waals surface area contributed by atoms with E-state index in [1.165, 1.54) is 11.3 Å². The summed E-state index contributed by atoms with van der Waals surface area (Å²) in [4.78, 5) is 4.25. The van der Waals surface area contributed by atoms with Gasteiger partial charge in [-0.3, -0.25) is 5.41 Å². The Bertz CT molecular complexity index is 380. The molecule has 1 aromatic carbocycles. The van der Waals surface area contributed by atoms with E-state index >= 15 is 0 Å². The van der Waals surface area contributed by atoms with Crippen LogP contribution >= 0.6 is 0 Å². The highest BCUT2D eigenvalue weighted by Gasteiger charge is 2.17. The number of aryl methyl sites for hydroxylation is 1. The fourth-order valence-corrected chi connectivity index (χ4v) is 2.03. The molecule has 4 heteroatoms. The molecule has 0 aromatic heterocycles. The number of rotatable bonds is 1. The highest BCUT2D eigenvalue weighted by atomic mass is 15.3. The Hall–Kier alpha value is -1.71. The first-order valence-corrected chi connectivity index (χ1v) is 5.57. The number of hydrogen-bond acceptors (Lipinski definition) is 2. The molecule has 0 unspecified atom stereocenters. The molecule has 0 amide bonds. The van der Waals surface area contributed by atoms with Gasteiger partial charge in [-0.05, 0) is 24.6 Å². The van der Waals surface area contributed by atoms with Crippen LogP contribution in [0.25, 0.3) is 0 Å². The van der Waals surface area contributed by atoms with Gasteiger partial charge in [-0.2, -0.15) is 0 Å². The zero-order chi connectivity index (χ0) is 11.5. The van der Waals surface area contributed by atoms with E-state index < -0.39 is 0 Å². The van der Waals surface area contributed by atoms with Crippen molar-refractivity contribution in [1.29, 1.82) is 5.41 Å². The molecule has 2 rings (SSSR count). The summed E-state index contributed by atoms with van der Waals surface area (Å²) >= 11 is 0. The van der Waals surface area contributed by atoms with Gasteiger partial charge in [-0.1, -0.05) is 12.1 Å². The van der Waals surface area contributed by atoms with Crippen LogP contribution in [-0.4, -0.2) is 37.0 Å². The molecule has 1 heterocycles. The van der Waals surface area contributed by atoms with Crippen LogP contribution in [-0.2, 0) is 0 Å². The lowest BCUT2D eigenvalue weighted by atomic mass is 10.2. The van der Waals surface area contributed by atoms with Gasteiger partial charge in [0.15, 0.2) is 5.96 Å². The van der Waals surface area contributed by atoms with E-state index in [9.17, 15) is 0 Å². The molecule has 1 saturated heterocycles. The Morgan fingerprint density at radius 2 is 1.94 bits per heavy atom. The first-order valence-electron chi connectivity index (χ1n) is 5.57. The summed E-state index contributed by atoms with van der Waals surface area (Å²) in [5, 5.41) is 7.38. The van der Waals surface area contributed by atoms with Crippen molar-refractivity contribution in [2.24, 2.45) is 5.73 Å². The van der Waals surface area contributed by atoms with Crippen molar-refractivity contribution in [1.82, 2.24) is 4.90 Å². The molecule has 3 N–H and O–H groups in total. The van der Waals surface area contributed by atoms with Gasteiger partial charge < -0.3 is 15.5 Å². The summed E-state index contributed by atoms with van der Waals surface area (Å²) in [6.07, 6.45) is 0. The lowest BCUT2D eigenvalue weighted by Gasteiger charge is -2.36. The number of piperazine rings is 1. The van der Waals surface area contributed by atoms with Crippen molar-refractivity contribution in [3.8, 4) is 0 Å². The Balaban J connectivity index is 2.01. The van der Waals surface area contributed by atoms with Gasteiger partial charge in [0.1, 0.15) is 0 Å². The molecule has 0 aliphatic carbocycles. The second kappa shape index (κ2) is 4.43. The van der Waals surface area contributed by atoms with Crippen molar-refractivity contribution >= 4 is 11.6 Å². The van der Waals surface area contributed by atoms with Crippen molar-refractivity contribution in [3.63, 3.8) is 0 Å². The fourth-order valence-electron chi connectivity index (χ4n) is 2.03. The van der Waals surface area contributed by atoms with E-state index in [-0.39, 0.29) is 5.96 Å². The number of anilines is 1. The Morgan fingerprint density at radius 1 is 1.25 bits per heavy atom. The predicted molar refractivity (Wildman–Crippen MR) is 66.9 cm³/mol. The minimum Gasteiger partial charge on any atom is -0.370 e. The van der Waals surface area contributed by atoms with E-state index in [0.717, 1.165) is 26.2 Å². The zero-order valence-corrected chi connectivity index (χ0v) is 9.61. The van der Waals surface area contributed by atoms with Crippen molar-refractivity contribution < 1.29 is 0 Å². The average Bonchev–Trinajstić information content (AvgIpc) is 2.29. The molecular weight excluding hydrogens is 200 g/mol. The molecule has 86 valence electrons. The number of nitrogens with zero attached hydrogens (tertiary/aromatic N) is 2. The first-order chi connectivity index (χ1) is 7.66. The predicted octanol–water partition coefficient (Wildman–Crippen LogP) is 1.01. The summed E-state index contributed by atoms with van der Waals surface area (Å²) in [7, 11) is 0. The molecular formula is C12H18N4. The summed E-state index contributed by atoms with van der Waals surface area (Å²) in [5.74, 6) is 0.184. The van der Waals surface area contributed by atoms with Crippen LogP contribution in [0.2, 0.25) is 0 Å². The van der Waals surface area contributed by atoms with E-state index in [1.807, 2.05) is 4.90 Å². The van der Waals surface area contributed by atoms with Crippen molar-refractivity contribution in [2.75, 3.05) is 31.1 Å². The Labute approximate surface area is 96.2 Å². The Morgan fingerprint density at radius 3 is 2.50 bits per heavy atom. The SMILES string of the molecule is Cc1cccc(N2CCN(C(=N)N)CC2)c1. The number of nitrogens with two attached hydrogens (primary N) is 1. The largest absolute Gasteiger partial charge is 0.370 e. The van der Waals surface area contributed by atoms with E-state index in [2.05, 4.69) is 36.1 Å². The quantitative estimate of drug-likeness (QED) is 0.546. The third-order valence-electron chi connectivity index (χ3n) is 2.99. The van der Waals surface area contributed by atoms with Gasteiger partial charge in [0.05, 0.1) is 0 Å². The minimum atomic E-state index is 0.184.